The third-order valence-electron chi connectivity index (χ3n) is 3.34. The smallest absolute Gasteiger partial charge is 0.288 e. The van der Waals surface area contributed by atoms with Crippen LogP contribution in [0.2, 0.25) is 0 Å². The lowest BCUT2D eigenvalue weighted by molar-refractivity contribution is 0.210. The van der Waals surface area contributed by atoms with Crippen molar-refractivity contribution in [3.8, 4) is 0 Å². The van der Waals surface area contributed by atoms with Gasteiger partial charge in [0.05, 0.1) is 0 Å². The van der Waals surface area contributed by atoms with Crippen molar-refractivity contribution in [2.45, 2.75) is 24.9 Å². The van der Waals surface area contributed by atoms with Crippen molar-refractivity contribution >= 4 is 28.6 Å². The van der Waals surface area contributed by atoms with Crippen LogP contribution in [0.15, 0.2) is 46.1 Å². The highest BCUT2D eigenvalue weighted by molar-refractivity contribution is 6.63. The third-order valence-corrected chi connectivity index (χ3v) is 3.84. The molecule has 0 amide bonds. The molecule has 1 aromatic rings. The predicted octanol–water partition coefficient (Wildman–Crippen LogP) is 4.01. The van der Waals surface area contributed by atoms with Crippen LogP contribution in [0.5, 0.6) is 0 Å². The van der Waals surface area contributed by atoms with E-state index in [9.17, 15) is 0 Å². The summed E-state index contributed by atoms with van der Waals surface area (Å²) in [5.41, 5.74) is 2.34. The average Bonchev–Trinajstić information content (AvgIpc) is 2.74. The fourth-order valence-electron chi connectivity index (χ4n) is 2.54. The molecule has 1 fully saturated rings. The van der Waals surface area contributed by atoms with E-state index in [0.29, 0.717) is 11.1 Å². The number of ether oxygens (including phenoxy) is 1. The summed E-state index contributed by atoms with van der Waals surface area (Å²) in [5, 5.41) is 0.649. The summed E-state index contributed by atoms with van der Waals surface area (Å²) in [5.74, 6) is 0.323. The standard InChI is InChI=1S/C13H11Cl2NO/c14-12-10-7-6-9(8-4-2-1-3-5-8)11(10)17-13(15)16-12/h1-5,9,11H,6-7H2. The molecular weight excluding hydrogens is 257 g/mol. The first-order valence-corrected chi connectivity index (χ1v) is 6.35. The first-order valence-electron chi connectivity index (χ1n) is 5.60. The first-order chi connectivity index (χ1) is 8.25. The second kappa shape index (κ2) is 4.35. The van der Waals surface area contributed by atoms with Crippen LogP contribution in [0.3, 0.4) is 0 Å². The molecule has 1 heterocycles. The molecule has 1 saturated carbocycles. The Kier molecular flexibility index (Phi) is 2.85. The molecule has 17 heavy (non-hydrogen) atoms. The van der Waals surface area contributed by atoms with E-state index in [1.165, 1.54) is 5.56 Å². The molecule has 1 aliphatic heterocycles. The number of hydrogen-bond acceptors (Lipinski definition) is 2. The van der Waals surface area contributed by atoms with Crippen LogP contribution in [0, 0.1) is 0 Å². The molecule has 1 aliphatic carbocycles. The van der Waals surface area contributed by atoms with Crippen LogP contribution in [0.1, 0.15) is 24.3 Å². The van der Waals surface area contributed by atoms with Crippen molar-refractivity contribution in [3.05, 3.63) is 46.6 Å². The van der Waals surface area contributed by atoms with E-state index in [0.717, 1.165) is 18.4 Å². The summed E-state index contributed by atoms with van der Waals surface area (Å²) in [6.07, 6.45) is 1.91. The molecule has 0 saturated heterocycles. The maximum Gasteiger partial charge on any atom is 0.288 e. The van der Waals surface area contributed by atoms with E-state index >= 15 is 0 Å². The Balaban J connectivity index is 1.95. The Morgan fingerprint density at radius 2 is 1.94 bits per heavy atom. The molecule has 4 heteroatoms. The van der Waals surface area contributed by atoms with Gasteiger partial charge in [0.25, 0.3) is 5.36 Å². The maximum absolute atomic E-state index is 6.09. The maximum atomic E-state index is 6.09. The number of aliphatic imine (C=N–C) groups is 1. The van der Waals surface area contributed by atoms with Crippen LogP contribution < -0.4 is 0 Å². The Morgan fingerprint density at radius 3 is 2.71 bits per heavy atom. The van der Waals surface area contributed by atoms with Gasteiger partial charge in [-0.1, -0.05) is 41.9 Å². The van der Waals surface area contributed by atoms with E-state index in [4.69, 9.17) is 27.9 Å². The Bertz CT molecular complexity index is 495. The van der Waals surface area contributed by atoms with Crippen molar-refractivity contribution in [2.24, 2.45) is 4.99 Å². The number of nitrogens with zero attached hydrogens (tertiary/aromatic N) is 1. The van der Waals surface area contributed by atoms with Gasteiger partial charge in [0, 0.05) is 11.5 Å². The van der Waals surface area contributed by atoms with E-state index in [-0.39, 0.29) is 11.5 Å². The normalized spacial score (nSPS) is 27.5. The predicted molar refractivity (Wildman–Crippen MR) is 69.5 cm³/mol. The first kappa shape index (κ1) is 11.1. The highest BCUT2D eigenvalue weighted by atomic mass is 35.5. The highest BCUT2D eigenvalue weighted by Crippen LogP contribution is 2.44. The molecule has 3 rings (SSSR count). The van der Waals surface area contributed by atoms with Crippen molar-refractivity contribution in [3.63, 3.8) is 0 Å². The molecule has 88 valence electrons. The lowest BCUT2D eigenvalue weighted by atomic mass is 9.95. The summed E-state index contributed by atoms with van der Waals surface area (Å²) in [6.45, 7) is 0. The quantitative estimate of drug-likeness (QED) is 0.705. The zero-order valence-corrected chi connectivity index (χ0v) is 10.6. The fourth-order valence-corrected chi connectivity index (χ4v) is 3.05. The van der Waals surface area contributed by atoms with Gasteiger partial charge in [0.2, 0.25) is 0 Å². The minimum atomic E-state index is -0.0464. The molecular formula is C13H11Cl2NO. The third kappa shape index (κ3) is 1.96. The molecule has 2 nitrogen and oxygen atoms in total. The molecule has 0 N–H and O–H groups in total. The van der Waals surface area contributed by atoms with Crippen LogP contribution in [0.25, 0.3) is 0 Å². The lowest BCUT2D eigenvalue weighted by Crippen LogP contribution is -2.23. The Morgan fingerprint density at radius 1 is 1.18 bits per heavy atom. The summed E-state index contributed by atoms with van der Waals surface area (Å²) in [4.78, 5) is 3.96. The lowest BCUT2D eigenvalue weighted by Gasteiger charge is -2.24. The molecule has 2 aliphatic rings. The molecule has 2 unspecified atom stereocenters. The molecule has 0 aromatic heterocycles. The topological polar surface area (TPSA) is 21.6 Å². The molecule has 0 radical (unpaired) electrons. The SMILES string of the molecule is ClC1=NC(Cl)=C2CCC(c3ccccc3)C2O1. The second-order valence-electron chi connectivity index (χ2n) is 4.28. The average molecular weight is 268 g/mol. The summed E-state index contributed by atoms with van der Waals surface area (Å²) in [7, 11) is 0. The number of halogens is 2. The molecule has 0 spiro atoms. The molecule has 2 atom stereocenters. The zero-order chi connectivity index (χ0) is 11.8. The van der Waals surface area contributed by atoms with Crippen LogP contribution in [-0.4, -0.2) is 11.5 Å². The minimum absolute atomic E-state index is 0.0464. The van der Waals surface area contributed by atoms with Gasteiger partial charge < -0.3 is 4.74 Å². The van der Waals surface area contributed by atoms with Gasteiger partial charge in [-0.3, -0.25) is 0 Å². The van der Waals surface area contributed by atoms with Crippen molar-refractivity contribution in [1.82, 2.24) is 0 Å². The van der Waals surface area contributed by atoms with E-state index in [1.807, 2.05) is 18.2 Å². The highest BCUT2D eigenvalue weighted by Gasteiger charge is 2.38. The number of fused-ring (bicyclic) bond motifs is 1. The second-order valence-corrected chi connectivity index (χ2v) is 4.96. The minimum Gasteiger partial charge on any atom is -0.460 e. The van der Waals surface area contributed by atoms with E-state index in [2.05, 4.69) is 17.1 Å². The van der Waals surface area contributed by atoms with E-state index in [1.54, 1.807) is 0 Å². The van der Waals surface area contributed by atoms with E-state index < -0.39 is 0 Å². The summed E-state index contributed by atoms with van der Waals surface area (Å²) >= 11 is 11.9. The number of benzene rings is 1. The van der Waals surface area contributed by atoms with Crippen molar-refractivity contribution in [1.29, 1.82) is 0 Å². The summed E-state index contributed by atoms with van der Waals surface area (Å²) < 4.78 is 5.62. The van der Waals surface area contributed by atoms with Crippen molar-refractivity contribution < 1.29 is 4.74 Å². The Hall–Kier alpha value is -0.990. The van der Waals surface area contributed by atoms with Gasteiger partial charge >= 0.3 is 0 Å². The number of rotatable bonds is 1. The fraction of sp³-hybridized carbons (Fsp3) is 0.308. The zero-order valence-electron chi connectivity index (χ0n) is 9.07. The summed E-state index contributed by atoms with van der Waals surface area (Å²) in [6, 6.07) is 10.3. The van der Waals surface area contributed by atoms with Crippen LogP contribution >= 0.6 is 23.2 Å². The van der Waals surface area contributed by atoms with Gasteiger partial charge in [0.1, 0.15) is 11.3 Å². The molecule has 0 bridgehead atoms. The number of hydrogen-bond donors (Lipinski definition) is 0. The van der Waals surface area contributed by atoms with Crippen LogP contribution in [-0.2, 0) is 4.74 Å². The van der Waals surface area contributed by atoms with Gasteiger partial charge in [-0.15, -0.1) is 0 Å². The molecule has 1 aromatic carbocycles. The van der Waals surface area contributed by atoms with Gasteiger partial charge in [-0.05, 0) is 30.0 Å². The van der Waals surface area contributed by atoms with Crippen LogP contribution in [0.4, 0.5) is 0 Å². The largest absolute Gasteiger partial charge is 0.460 e. The van der Waals surface area contributed by atoms with Gasteiger partial charge in [-0.2, -0.15) is 4.99 Å². The van der Waals surface area contributed by atoms with Gasteiger partial charge in [-0.25, -0.2) is 0 Å². The Labute approximate surface area is 110 Å². The van der Waals surface area contributed by atoms with Gasteiger partial charge in [0.15, 0.2) is 0 Å². The van der Waals surface area contributed by atoms with Crippen molar-refractivity contribution in [2.75, 3.05) is 0 Å². The monoisotopic (exact) mass is 267 g/mol.